The molecule has 0 aliphatic carbocycles. The van der Waals surface area contributed by atoms with E-state index >= 15 is 0 Å². The van der Waals surface area contributed by atoms with Crippen molar-refractivity contribution in [3.05, 3.63) is 89.8 Å². The number of likely N-dealkylation sites (tertiary alicyclic amines) is 1. The van der Waals surface area contributed by atoms with Gasteiger partial charge in [-0.25, -0.2) is 13.4 Å². The number of hydrogen-bond donors (Lipinski definition) is 0. The normalized spacial score (nSPS) is 14.9. The highest BCUT2D eigenvalue weighted by Gasteiger charge is 2.29. The van der Waals surface area contributed by atoms with Gasteiger partial charge in [-0.3, -0.25) is 9.10 Å². The minimum Gasteiger partial charge on any atom is -0.440 e. The Balaban J connectivity index is 1.29. The number of para-hydroxylation sites is 2. The van der Waals surface area contributed by atoms with Crippen LogP contribution in [-0.2, 0) is 10.0 Å². The molecule has 0 atom stereocenters. The fraction of sp³-hybridized carbons (Fsp3) is 0.259. The van der Waals surface area contributed by atoms with Gasteiger partial charge in [0.1, 0.15) is 5.52 Å². The van der Waals surface area contributed by atoms with Gasteiger partial charge in [0, 0.05) is 31.6 Å². The van der Waals surface area contributed by atoms with E-state index < -0.39 is 10.0 Å². The number of piperidine rings is 1. The second kappa shape index (κ2) is 9.19. The van der Waals surface area contributed by atoms with E-state index in [2.05, 4.69) is 4.98 Å². The molecule has 0 spiro atoms. The Kier molecular flexibility index (Phi) is 6.06. The number of anilines is 1. The predicted octanol–water partition coefficient (Wildman–Crippen LogP) is 4.98. The van der Waals surface area contributed by atoms with E-state index in [1.807, 2.05) is 43.3 Å². The van der Waals surface area contributed by atoms with Crippen molar-refractivity contribution in [2.75, 3.05) is 24.4 Å². The minimum atomic E-state index is -3.81. The Bertz CT molecular complexity index is 1440. The fourth-order valence-corrected chi connectivity index (χ4v) is 5.66. The number of fused-ring (bicyclic) bond motifs is 1. The largest absolute Gasteiger partial charge is 0.440 e. The molecule has 3 aromatic carbocycles. The molecule has 1 amide bonds. The number of nitrogens with zero attached hydrogens (tertiary/aromatic N) is 3. The predicted molar refractivity (Wildman–Crippen MR) is 135 cm³/mol. The van der Waals surface area contributed by atoms with Crippen LogP contribution in [-0.4, -0.2) is 44.3 Å². The number of aromatic nitrogens is 1. The molecule has 4 aromatic rings. The number of carbonyl (C=O) groups excluding carboxylic acids is 1. The molecule has 0 radical (unpaired) electrons. The summed E-state index contributed by atoms with van der Waals surface area (Å²) in [6, 6.07) is 21.2. The summed E-state index contributed by atoms with van der Waals surface area (Å²) in [5.41, 5.74) is 3.59. The van der Waals surface area contributed by atoms with Gasteiger partial charge in [0.2, 0.25) is 0 Å². The third kappa shape index (κ3) is 4.53. The van der Waals surface area contributed by atoms with Crippen LogP contribution in [0.5, 0.6) is 0 Å². The average Bonchev–Trinajstić information content (AvgIpc) is 3.33. The van der Waals surface area contributed by atoms with Crippen LogP contribution >= 0.6 is 0 Å². The second-order valence-corrected chi connectivity index (χ2v) is 10.9. The fourth-order valence-electron chi connectivity index (χ4n) is 4.42. The average molecular weight is 490 g/mol. The van der Waals surface area contributed by atoms with Crippen molar-refractivity contribution in [2.45, 2.75) is 30.6 Å². The van der Waals surface area contributed by atoms with Crippen LogP contribution in [0.4, 0.5) is 5.69 Å². The van der Waals surface area contributed by atoms with E-state index in [-0.39, 0.29) is 16.7 Å². The zero-order valence-corrected chi connectivity index (χ0v) is 20.5. The number of benzene rings is 3. The maximum atomic E-state index is 13.2. The molecule has 7 nitrogen and oxygen atoms in total. The molecule has 180 valence electrons. The molecule has 35 heavy (non-hydrogen) atoms. The van der Waals surface area contributed by atoms with Gasteiger partial charge in [-0.1, -0.05) is 35.9 Å². The van der Waals surface area contributed by atoms with Crippen LogP contribution in [0.1, 0.15) is 40.6 Å². The van der Waals surface area contributed by atoms with E-state index in [0.717, 1.165) is 29.5 Å². The molecular weight excluding hydrogens is 462 g/mol. The summed E-state index contributed by atoms with van der Waals surface area (Å²) in [6.07, 6.45) is 1.49. The number of amides is 1. The zero-order chi connectivity index (χ0) is 24.6. The zero-order valence-electron chi connectivity index (χ0n) is 19.7. The van der Waals surface area contributed by atoms with E-state index in [0.29, 0.717) is 30.2 Å². The van der Waals surface area contributed by atoms with Crippen molar-refractivity contribution in [1.82, 2.24) is 9.88 Å². The summed E-state index contributed by atoms with van der Waals surface area (Å²) in [5.74, 6) is 0.697. The Hall–Kier alpha value is -3.65. The summed E-state index contributed by atoms with van der Waals surface area (Å²) in [6.45, 7) is 3.06. The Morgan fingerprint density at radius 1 is 1.00 bits per heavy atom. The van der Waals surface area contributed by atoms with Gasteiger partial charge in [-0.2, -0.15) is 0 Å². The molecule has 8 heteroatoms. The van der Waals surface area contributed by atoms with Crippen molar-refractivity contribution in [1.29, 1.82) is 0 Å². The highest BCUT2D eigenvalue weighted by molar-refractivity contribution is 7.92. The summed E-state index contributed by atoms with van der Waals surface area (Å²) in [4.78, 5) is 19.7. The molecule has 0 N–H and O–H groups in total. The number of carbonyl (C=O) groups is 1. The summed E-state index contributed by atoms with van der Waals surface area (Å²) < 4.78 is 33.6. The van der Waals surface area contributed by atoms with Gasteiger partial charge in [0.25, 0.3) is 15.9 Å². The summed E-state index contributed by atoms with van der Waals surface area (Å²) in [5, 5.41) is 0. The molecule has 1 saturated heterocycles. The third-order valence-electron chi connectivity index (χ3n) is 6.58. The van der Waals surface area contributed by atoms with E-state index in [1.54, 1.807) is 29.2 Å². The van der Waals surface area contributed by atoms with Gasteiger partial charge in [0.15, 0.2) is 11.5 Å². The van der Waals surface area contributed by atoms with Crippen molar-refractivity contribution < 1.29 is 17.6 Å². The van der Waals surface area contributed by atoms with E-state index in [9.17, 15) is 13.2 Å². The summed E-state index contributed by atoms with van der Waals surface area (Å²) in [7, 11) is -2.29. The second-order valence-electron chi connectivity index (χ2n) is 8.92. The van der Waals surface area contributed by atoms with Crippen LogP contribution in [0.2, 0.25) is 0 Å². The van der Waals surface area contributed by atoms with Crippen LogP contribution in [0.25, 0.3) is 11.1 Å². The lowest BCUT2D eigenvalue weighted by molar-refractivity contribution is 0.0706. The maximum Gasteiger partial charge on any atom is 0.264 e. The first kappa shape index (κ1) is 23.1. The molecule has 0 saturated carbocycles. The first-order valence-electron chi connectivity index (χ1n) is 11.6. The minimum absolute atomic E-state index is 0.0905. The molecule has 1 aromatic heterocycles. The number of sulfonamides is 1. The molecule has 0 unspecified atom stereocenters. The van der Waals surface area contributed by atoms with Gasteiger partial charge in [-0.15, -0.1) is 0 Å². The highest BCUT2D eigenvalue weighted by Crippen LogP contribution is 2.31. The quantitative estimate of drug-likeness (QED) is 0.395. The number of rotatable bonds is 5. The van der Waals surface area contributed by atoms with Gasteiger partial charge < -0.3 is 9.32 Å². The number of hydrogen-bond acceptors (Lipinski definition) is 5. The lowest BCUT2D eigenvalue weighted by Gasteiger charge is -2.30. The number of aryl methyl sites for hydroxylation is 1. The van der Waals surface area contributed by atoms with Crippen molar-refractivity contribution >= 4 is 32.7 Å². The Morgan fingerprint density at radius 2 is 1.71 bits per heavy atom. The Morgan fingerprint density at radius 3 is 2.43 bits per heavy atom. The van der Waals surface area contributed by atoms with Crippen LogP contribution in [0.15, 0.2) is 82.1 Å². The molecule has 1 aliphatic heterocycles. The lowest BCUT2D eigenvalue weighted by Crippen LogP contribution is -2.38. The monoisotopic (exact) mass is 489 g/mol. The van der Waals surface area contributed by atoms with Crippen molar-refractivity contribution in [3.8, 4) is 0 Å². The first-order chi connectivity index (χ1) is 16.8. The highest BCUT2D eigenvalue weighted by atomic mass is 32.2. The Labute approximate surface area is 205 Å². The van der Waals surface area contributed by atoms with Gasteiger partial charge >= 0.3 is 0 Å². The van der Waals surface area contributed by atoms with E-state index in [4.69, 9.17) is 4.42 Å². The summed E-state index contributed by atoms with van der Waals surface area (Å²) >= 11 is 0. The molecule has 5 rings (SSSR count). The molecule has 2 heterocycles. The standard InChI is InChI=1S/C27H27N3O4S/c1-19-10-12-22(13-11-19)29(2)35(32,33)23-7-5-6-21(18-23)27(31)30-16-14-20(15-17-30)26-28-24-8-3-4-9-25(24)34-26/h3-13,18,20H,14-17H2,1-2H3. The molecule has 1 fully saturated rings. The van der Waals surface area contributed by atoms with Crippen LogP contribution in [0.3, 0.4) is 0 Å². The first-order valence-corrected chi connectivity index (χ1v) is 13.1. The SMILES string of the molecule is Cc1ccc(N(C)S(=O)(=O)c2cccc(C(=O)N3CCC(c4nc5ccccc5o4)CC3)c2)cc1. The maximum absolute atomic E-state index is 13.2. The van der Waals surface area contributed by atoms with Gasteiger partial charge in [0.05, 0.1) is 10.6 Å². The van der Waals surface area contributed by atoms with Crippen LogP contribution < -0.4 is 4.31 Å². The topological polar surface area (TPSA) is 83.7 Å². The van der Waals surface area contributed by atoms with Gasteiger partial charge in [-0.05, 0) is 62.2 Å². The number of oxazole rings is 1. The smallest absolute Gasteiger partial charge is 0.264 e. The molecule has 1 aliphatic rings. The van der Waals surface area contributed by atoms with E-state index in [1.165, 1.54) is 23.5 Å². The third-order valence-corrected chi connectivity index (χ3v) is 8.36. The lowest BCUT2D eigenvalue weighted by atomic mass is 9.96. The van der Waals surface area contributed by atoms with Crippen molar-refractivity contribution in [2.24, 2.45) is 0 Å². The van der Waals surface area contributed by atoms with Crippen molar-refractivity contribution in [3.63, 3.8) is 0 Å². The molecular formula is C27H27N3O4S. The molecule has 0 bridgehead atoms. The van der Waals surface area contributed by atoms with Crippen LogP contribution in [0, 0.1) is 6.92 Å².